The number of aryl methyl sites for hydroxylation is 1. The Bertz CT molecular complexity index is 735. The number of fused-ring (bicyclic) bond motifs is 1. The van der Waals surface area contributed by atoms with Crippen molar-refractivity contribution in [2.24, 2.45) is 0 Å². The molecule has 0 bridgehead atoms. The molecule has 0 radical (unpaired) electrons. The first kappa shape index (κ1) is 14.2. The van der Waals surface area contributed by atoms with E-state index >= 15 is 0 Å². The Labute approximate surface area is 129 Å². The highest BCUT2D eigenvalue weighted by Crippen LogP contribution is 2.22. The molecule has 0 spiro atoms. The lowest BCUT2D eigenvalue weighted by Crippen LogP contribution is -2.23. The fraction of sp³-hybridized carbons (Fsp3) is 0.294. The van der Waals surface area contributed by atoms with Gasteiger partial charge in [0.15, 0.2) is 0 Å². The van der Waals surface area contributed by atoms with Crippen molar-refractivity contribution < 1.29 is 0 Å². The van der Waals surface area contributed by atoms with Gasteiger partial charge in [-0.3, -0.25) is 4.98 Å². The van der Waals surface area contributed by atoms with Gasteiger partial charge in [0.05, 0.1) is 22.3 Å². The van der Waals surface area contributed by atoms with Gasteiger partial charge in [0, 0.05) is 22.9 Å². The Kier molecular flexibility index (Phi) is 4.27. The Morgan fingerprint density at radius 2 is 2.00 bits per heavy atom. The van der Waals surface area contributed by atoms with Gasteiger partial charge in [-0.1, -0.05) is 31.2 Å². The lowest BCUT2D eigenvalue weighted by Gasteiger charge is -2.16. The quantitative estimate of drug-likeness (QED) is 0.776. The lowest BCUT2D eigenvalue weighted by atomic mass is 10.1. The Balaban J connectivity index is 1.90. The number of nitrogens with one attached hydrogen (secondary N) is 1. The highest BCUT2D eigenvalue weighted by Gasteiger charge is 2.15. The van der Waals surface area contributed by atoms with Gasteiger partial charge in [-0.15, -0.1) is 11.3 Å². The summed E-state index contributed by atoms with van der Waals surface area (Å²) in [6, 6.07) is 12.7. The minimum atomic E-state index is 0.213. The molecule has 1 N–H and O–H groups in total. The zero-order valence-corrected chi connectivity index (χ0v) is 13.2. The van der Waals surface area contributed by atoms with E-state index in [2.05, 4.69) is 46.9 Å². The van der Waals surface area contributed by atoms with Crippen LogP contribution in [-0.4, -0.2) is 16.5 Å². The van der Waals surface area contributed by atoms with Gasteiger partial charge in [0.25, 0.3) is 0 Å². The first-order valence-electron chi connectivity index (χ1n) is 7.26. The molecule has 0 aliphatic heterocycles. The number of benzene rings is 1. The van der Waals surface area contributed by atoms with Gasteiger partial charge < -0.3 is 5.32 Å². The first-order chi connectivity index (χ1) is 10.3. The molecule has 108 valence electrons. The Morgan fingerprint density at radius 3 is 2.76 bits per heavy atom. The van der Waals surface area contributed by atoms with Crippen LogP contribution in [0.5, 0.6) is 0 Å². The molecule has 0 saturated heterocycles. The van der Waals surface area contributed by atoms with Crippen molar-refractivity contribution in [3.8, 4) is 0 Å². The number of thiazole rings is 1. The van der Waals surface area contributed by atoms with Gasteiger partial charge in [-0.25, -0.2) is 4.98 Å². The number of likely N-dealkylation sites (N-methyl/N-ethyl adjacent to an activating group) is 1. The maximum atomic E-state index is 4.81. The second-order valence-corrected chi connectivity index (χ2v) is 6.07. The molecule has 21 heavy (non-hydrogen) atoms. The molecular formula is C17H19N3S. The van der Waals surface area contributed by atoms with Crippen molar-refractivity contribution in [1.29, 1.82) is 0 Å². The summed E-state index contributed by atoms with van der Waals surface area (Å²) in [7, 11) is 0. The first-order valence-corrected chi connectivity index (χ1v) is 8.14. The molecule has 4 heteroatoms. The van der Waals surface area contributed by atoms with Crippen molar-refractivity contribution in [3.63, 3.8) is 0 Å². The maximum Gasteiger partial charge on any atom is 0.0947 e. The van der Waals surface area contributed by atoms with Crippen LogP contribution in [0.2, 0.25) is 0 Å². The van der Waals surface area contributed by atoms with E-state index in [-0.39, 0.29) is 6.04 Å². The largest absolute Gasteiger partial charge is 0.309 e. The molecule has 3 nitrogen and oxygen atoms in total. The summed E-state index contributed by atoms with van der Waals surface area (Å²) >= 11 is 1.72. The molecule has 1 unspecified atom stereocenters. The predicted molar refractivity (Wildman–Crippen MR) is 88.7 cm³/mol. The molecule has 1 atom stereocenters. The highest BCUT2D eigenvalue weighted by atomic mass is 32.1. The third-order valence-corrected chi connectivity index (χ3v) is 4.46. The topological polar surface area (TPSA) is 37.8 Å². The van der Waals surface area contributed by atoms with E-state index < -0.39 is 0 Å². The summed E-state index contributed by atoms with van der Waals surface area (Å²) in [5, 5.41) is 7.97. The Morgan fingerprint density at radius 1 is 1.14 bits per heavy atom. The number of aromatic nitrogens is 2. The smallest absolute Gasteiger partial charge is 0.0947 e. The maximum absolute atomic E-state index is 4.81. The summed E-state index contributed by atoms with van der Waals surface area (Å²) in [6.45, 7) is 5.08. The van der Waals surface area contributed by atoms with E-state index in [0.29, 0.717) is 0 Å². The van der Waals surface area contributed by atoms with Crippen LogP contribution in [0.25, 0.3) is 10.9 Å². The lowest BCUT2D eigenvalue weighted by molar-refractivity contribution is 0.537. The molecule has 0 aliphatic rings. The average Bonchev–Trinajstić information content (AvgIpc) is 2.91. The SMILES string of the molecule is CCNC(Cc1nc(C)cs1)c1ccc2ccccc2n1. The second kappa shape index (κ2) is 6.33. The van der Waals surface area contributed by atoms with Crippen LogP contribution in [0.4, 0.5) is 0 Å². The summed E-state index contributed by atoms with van der Waals surface area (Å²) in [5.74, 6) is 0. The van der Waals surface area contributed by atoms with Crippen LogP contribution in [0.15, 0.2) is 41.8 Å². The minimum Gasteiger partial charge on any atom is -0.309 e. The number of hydrogen-bond acceptors (Lipinski definition) is 4. The number of pyridine rings is 1. The summed E-state index contributed by atoms with van der Waals surface area (Å²) in [4.78, 5) is 9.38. The van der Waals surface area contributed by atoms with Crippen LogP contribution in [-0.2, 0) is 6.42 Å². The van der Waals surface area contributed by atoms with Gasteiger partial charge in [0.1, 0.15) is 0 Å². The molecule has 2 aromatic heterocycles. The van der Waals surface area contributed by atoms with E-state index in [0.717, 1.165) is 34.9 Å². The van der Waals surface area contributed by atoms with E-state index in [1.54, 1.807) is 11.3 Å². The van der Waals surface area contributed by atoms with E-state index in [9.17, 15) is 0 Å². The van der Waals surface area contributed by atoms with Crippen molar-refractivity contribution >= 4 is 22.2 Å². The van der Waals surface area contributed by atoms with Crippen LogP contribution in [0.1, 0.15) is 29.4 Å². The van der Waals surface area contributed by atoms with Gasteiger partial charge in [-0.2, -0.15) is 0 Å². The fourth-order valence-corrected chi connectivity index (χ4v) is 3.29. The van der Waals surface area contributed by atoms with Crippen LogP contribution < -0.4 is 5.32 Å². The van der Waals surface area contributed by atoms with Crippen LogP contribution >= 0.6 is 11.3 Å². The zero-order chi connectivity index (χ0) is 14.7. The monoisotopic (exact) mass is 297 g/mol. The number of nitrogens with zero attached hydrogens (tertiary/aromatic N) is 2. The molecule has 0 saturated carbocycles. The molecule has 3 rings (SSSR count). The molecule has 0 amide bonds. The summed E-state index contributed by atoms with van der Waals surface area (Å²) < 4.78 is 0. The molecule has 3 aromatic rings. The molecule has 0 fully saturated rings. The predicted octanol–water partition coefficient (Wildman–Crippen LogP) is 3.89. The van der Waals surface area contributed by atoms with E-state index in [1.165, 1.54) is 5.39 Å². The standard InChI is InChI=1S/C17H19N3S/c1-3-18-16(10-17-19-12(2)11-21-17)15-9-8-13-6-4-5-7-14(13)20-15/h4-9,11,16,18H,3,10H2,1-2H3. The third kappa shape index (κ3) is 3.28. The Hall–Kier alpha value is -1.78. The van der Waals surface area contributed by atoms with Gasteiger partial charge >= 0.3 is 0 Å². The molecule has 1 aromatic carbocycles. The normalized spacial score (nSPS) is 12.7. The summed E-state index contributed by atoms with van der Waals surface area (Å²) in [6.07, 6.45) is 0.887. The number of hydrogen-bond donors (Lipinski definition) is 1. The van der Waals surface area contributed by atoms with Crippen LogP contribution in [0.3, 0.4) is 0 Å². The summed E-state index contributed by atoms with van der Waals surface area (Å²) in [5.41, 5.74) is 3.23. The number of para-hydroxylation sites is 1. The molecular weight excluding hydrogens is 278 g/mol. The van der Waals surface area contributed by atoms with E-state index in [4.69, 9.17) is 4.98 Å². The van der Waals surface area contributed by atoms with Gasteiger partial charge in [-0.05, 0) is 25.6 Å². The minimum absolute atomic E-state index is 0.213. The van der Waals surface area contributed by atoms with Crippen molar-refractivity contribution in [2.45, 2.75) is 26.3 Å². The van der Waals surface area contributed by atoms with Crippen molar-refractivity contribution in [3.05, 3.63) is 58.2 Å². The van der Waals surface area contributed by atoms with Crippen molar-refractivity contribution in [1.82, 2.24) is 15.3 Å². The highest BCUT2D eigenvalue weighted by molar-refractivity contribution is 7.09. The van der Waals surface area contributed by atoms with Crippen LogP contribution in [0, 0.1) is 6.92 Å². The third-order valence-electron chi connectivity index (χ3n) is 3.47. The van der Waals surface area contributed by atoms with E-state index in [1.807, 2.05) is 19.1 Å². The van der Waals surface area contributed by atoms with Crippen molar-refractivity contribution in [2.75, 3.05) is 6.54 Å². The zero-order valence-electron chi connectivity index (χ0n) is 12.3. The molecule has 2 heterocycles. The fourth-order valence-electron chi connectivity index (χ4n) is 2.47. The average molecular weight is 297 g/mol. The number of rotatable bonds is 5. The molecule has 0 aliphatic carbocycles. The van der Waals surface area contributed by atoms with Gasteiger partial charge in [0.2, 0.25) is 0 Å². The second-order valence-electron chi connectivity index (χ2n) is 5.13.